The summed E-state index contributed by atoms with van der Waals surface area (Å²) >= 11 is 0. The van der Waals surface area contributed by atoms with Crippen LogP contribution in [0.4, 0.5) is 0 Å². The Balaban J connectivity index is 4.13. The standard InChI is InChI=1S/C14H29N3O2/c1-7-17(8-2)14(19)10-16(6)9-13(18)15-12(5)11(3)4/h11-12H,7-10H2,1-6H3,(H,15,18). The number of nitrogens with one attached hydrogen (secondary N) is 1. The first-order valence-corrected chi connectivity index (χ1v) is 7.07. The van der Waals surface area contributed by atoms with Gasteiger partial charge in [-0.2, -0.15) is 0 Å². The lowest BCUT2D eigenvalue weighted by Crippen LogP contribution is -2.45. The third-order valence-corrected chi connectivity index (χ3v) is 3.32. The van der Waals surface area contributed by atoms with Gasteiger partial charge in [0.1, 0.15) is 0 Å². The number of likely N-dealkylation sites (N-methyl/N-ethyl adjacent to an activating group) is 2. The van der Waals surface area contributed by atoms with E-state index >= 15 is 0 Å². The Kier molecular flexibility index (Phi) is 8.39. The lowest BCUT2D eigenvalue weighted by molar-refractivity contribution is -0.132. The summed E-state index contributed by atoms with van der Waals surface area (Å²) in [6.45, 7) is 12.0. The van der Waals surface area contributed by atoms with Crippen molar-refractivity contribution in [1.29, 1.82) is 0 Å². The average molecular weight is 271 g/mol. The molecule has 0 saturated heterocycles. The highest BCUT2D eigenvalue weighted by molar-refractivity contribution is 5.81. The second kappa shape index (κ2) is 8.91. The predicted molar refractivity (Wildman–Crippen MR) is 77.9 cm³/mol. The molecule has 0 bridgehead atoms. The van der Waals surface area contributed by atoms with Gasteiger partial charge in [0, 0.05) is 19.1 Å². The number of hydrogen-bond acceptors (Lipinski definition) is 3. The van der Waals surface area contributed by atoms with Crippen molar-refractivity contribution < 1.29 is 9.59 Å². The van der Waals surface area contributed by atoms with Crippen LogP contribution in [0.3, 0.4) is 0 Å². The van der Waals surface area contributed by atoms with Crippen LogP contribution >= 0.6 is 0 Å². The van der Waals surface area contributed by atoms with Gasteiger partial charge in [-0.05, 0) is 33.7 Å². The van der Waals surface area contributed by atoms with Crippen LogP contribution in [-0.2, 0) is 9.59 Å². The highest BCUT2D eigenvalue weighted by Gasteiger charge is 2.16. The molecule has 0 aliphatic heterocycles. The van der Waals surface area contributed by atoms with Crippen molar-refractivity contribution in [3.05, 3.63) is 0 Å². The molecule has 1 N–H and O–H groups in total. The van der Waals surface area contributed by atoms with E-state index in [0.29, 0.717) is 19.0 Å². The molecule has 0 aromatic heterocycles. The summed E-state index contributed by atoms with van der Waals surface area (Å²) in [6.07, 6.45) is 0. The van der Waals surface area contributed by atoms with Gasteiger partial charge < -0.3 is 10.2 Å². The highest BCUT2D eigenvalue weighted by atomic mass is 16.2. The van der Waals surface area contributed by atoms with Crippen LogP contribution in [0.25, 0.3) is 0 Å². The molecule has 0 aliphatic carbocycles. The average Bonchev–Trinajstić information content (AvgIpc) is 2.29. The minimum absolute atomic E-state index is 0.0314. The molecule has 0 radical (unpaired) electrons. The van der Waals surface area contributed by atoms with Gasteiger partial charge in [-0.15, -0.1) is 0 Å². The maximum atomic E-state index is 11.9. The van der Waals surface area contributed by atoms with Crippen LogP contribution in [0.2, 0.25) is 0 Å². The zero-order valence-corrected chi connectivity index (χ0v) is 13.2. The first-order chi connectivity index (χ1) is 8.81. The summed E-state index contributed by atoms with van der Waals surface area (Å²) < 4.78 is 0. The van der Waals surface area contributed by atoms with Crippen molar-refractivity contribution in [3.8, 4) is 0 Å². The Morgan fingerprint density at radius 3 is 2.00 bits per heavy atom. The molecule has 0 heterocycles. The molecule has 0 spiro atoms. The molecular formula is C14H29N3O2. The Bertz CT molecular complexity index is 288. The summed E-state index contributed by atoms with van der Waals surface area (Å²) in [6, 6.07) is 0.152. The molecule has 5 heteroatoms. The van der Waals surface area contributed by atoms with Gasteiger partial charge in [-0.1, -0.05) is 13.8 Å². The van der Waals surface area contributed by atoms with Crippen LogP contribution in [0.15, 0.2) is 0 Å². The number of hydrogen-bond donors (Lipinski definition) is 1. The molecule has 0 aromatic rings. The van der Waals surface area contributed by atoms with Gasteiger partial charge in [-0.3, -0.25) is 14.5 Å². The number of amides is 2. The van der Waals surface area contributed by atoms with Gasteiger partial charge in [0.2, 0.25) is 11.8 Å². The summed E-state index contributed by atoms with van der Waals surface area (Å²) in [7, 11) is 1.79. The first kappa shape index (κ1) is 17.9. The number of carbonyl (C=O) groups is 2. The topological polar surface area (TPSA) is 52.7 Å². The minimum atomic E-state index is -0.0314. The lowest BCUT2D eigenvalue weighted by Gasteiger charge is -2.24. The Morgan fingerprint density at radius 1 is 1.05 bits per heavy atom. The van der Waals surface area contributed by atoms with Crippen LogP contribution in [-0.4, -0.2) is 60.9 Å². The summed E-state index contributed by atoms with van der Waals surface area (Å²) in [4.78, 5) is 27.2. The van der Waals surface area contributed by atoms with E-state index < -0.39 is 0 Å². The van der Waals surface area contributed by atoms with E-state index in [1.165, 1.54) is 0 Å². The third-order valence-electron chi connectivity index (χ3n) is 3.32. The molecule has 19 heavy (non-hydrogen) atoms. The molecule has 0 fully saturated rings. The van der Waals surface area contributed by atoms with Crippen LogP contribution < -0.4 is 5.32 Å². The third kappa shape index (κ3) is 7.15. The van der Waals surface area contributed by atoms with E-state index in [9.17, 15) is 9.59 Å². The second-order valence-electron chi connectivity index (χ2n) is 5.34. The van der Waals surface area contributed by atoms with Crippen molar-refractivity contribution in [2.75, 3.05) is 33.2 Å². The van der Waals surface area contributed by atoms with Crippen molar-refractivity contribution in [2.24, 2.45) is 5.92 Å². The highest BCUT2D eigenvalue weighted by Crippen LogP contribution is 1.99. The van der Waals surface area contributed by atoms with E-state index in [-0.39, 0.29) is 30.9 Å². The largest absolute Gasteiger partial charge is 0.352 e. The fourth-order valence-corrected chi connectivity index (χ4v) is 1.67. The minimum Gasteiger partial charge on any atom is -0.352 e. The fraction of sp³-hybridized carbons (Fsp3) is 0.857. The normalized spacial score (nSPS) is 12.6. The molecule has 0 rings (SSSR count). The number of nitrogens with zero attached hydrogens (tertiary/aromatic N) is 2. The Hall–Kier alpha value is -1.10. The van der Waals surface area contributed by atoms with Gasteiger partial charge in [0.15, 0.2) is 0 Å². The maximum Gasteiger partial charge on any atom is 0.236 e. The zero-order chi connectivity index (χ0) is 15.0. The van der Waals surface area contributed by atoms with Crippen molar-refractivity contribution in [3.63, 3.8) is 0 Å². The van der Waals surface area contributed by atoms with Gasteiger partial charge in [0.05, 0.1) is 13.1 Å². The number of carbonyl (C=O) groups excluding carboxylic acids is 2. The molecular weight excluding hydrogens is 242 g/mol. The predicted octanol–water partition coefficient (Wildman–Crippen LogP) is 0.947. The monoisotopic (exact) mass is 271 g/mol. The van der Waals surface area contributed by atoms with Gasteiger partial charge in [0.25, 0.3) is 0 Å². The van der Waals surface area contributed by atoms with E-state index in [1.807, 2.05) is 20.8 Å². The Morgan fingerprint density at radius 2 is 1.58 bits per heavy atom. The molecule has 5 nitrogen and oxygen atoms in total. The van der Waals surface area contributed by atoms with E-state index in [1.54, 1.807) is 16.8 Å². The molecule has 0 saturated carbocycles. The van der Waals surface area contributed by atoms with Crippen molar-refractivity contribution in [2.45, 2.75) is 40.7 Å². The van der Waals surface area contributed by atoms with E-state index in [0.717, 1.165) is 0 Å². The number of rotatable bonds is 8. The lowest BCUT2D eigenvalue weighted by atomic mass is 10.1. The van der Waals surface area contributed by atoms with Gasteiger partial charge in [-0.25, -0.2) is 0 Å². The molecule has 0 aromatic carbocycles. The van der Waals surface area contributed by atoms with Crippen molar-refractivity contribution >= 4 is 11.8 Å². The SMILES string of the molecule is CCN(CC)C(=O)CN(C)CC(=O)NC(C)C(C)C. The fourth-order valence-electron chi connectivity index (χ4n) is 1.67. The van der Waals surface area contributed by atoms with Crippen molar-refractivity contribution in [1.82, 2.24) is 15.1 Å². The molecule has 112 valence electrons. The van der Waals surface area contributed by atoms with E-state index in [2.05, 4.69) is 19.2 Å². The molecule has 1 atom stereocenters. The zero-order valence-electron chi connectivity index (χ0n) is 13.2. The maximum absolute atomic E-state index is 11.9. The van der Waals surface area contributed by atoms with Crippen LogP contribution in [0, 0.1) is 5.92 Å². The molecule has 0 aliphatic rings. The molecule has 1 unspecified atom stereocenters. The van der Waals surface area contributed by atoms with Crippen LogP contribution in [0.5, 0.6) is 0 Å². The summed E-state index contributed by atoms with van der Waals surface area (Å²) in [5.74, 6) is 0.444. The summed E-state index contributed by atoms with van der Waals surface area (Å²) in [5, 5.41) is 2.94. The molecule has 2 amide bonds. The Labute approximate surface area is 117 Å². The van der Waals surface area contributed by atoms with Gasteiger partial charge >= 0.3 is 0 Å². The smallest absolute Gasteiger partial charge is 0.236 e. The quantitative estimate of drug-likeness (QED) is 0.715. The second-order valence-corrected chi connectivity index (χ2v) is 5.34. The first-order valence-electron chi connectivity index (χ1n) is 7.07. The van der Waals surface area contributed by atoms with Crippen LogP contribution in [0.1, 0.15) is 34.6 Å². The van der Waals surface area contributed by atoms with E-state index in [4.69, 9.17) is 0 Å². The summed E-state index contributed by atoms with van der Waals surface area (Å²) in [5.41, 5.74) is 0.